The summed E-state index contributed by atoms with van der Waals surface area (Å²) in [6, 6.07) is 9.72. The molecule has 0 unspecified atom stereocenters. The lowest BCUT2D eigenvalue weighted by atomic mass is 9.94. The molecule has 150 valence electrons. The number of rotatable bonds is 7. The normalized spacial score (nSPS) is 15.3. The van der Waals surface area contributed by atoms with E-state index in [-0.39, 0.29) is 0 Å². The van der Waals surface area contributed by atoms with E-state index in [0.717, 1.165) is 67.7 Å². The van der Waals surface area contributed by atoms with E-state index in [0.29, 0.717) is 11.6 Å². The van der Waals surface area contributed by atoms with Gasteiger partial charge in [-0.05, 0) is 70.1 Å². The van der Waals surface area contributed by atoms with Gasteiger partial charge in [-0.2, -0.15) is 5.26 Å². The largest absolute Gasteiger partial charge is 0.466 e. The molecule has 1 aliphatic heterocycles. The number of nitrogens with one attached hydrogen (secondary N) is 1. The Labute approximate surface area is 175 Å². The molecule has 29 heavy (non-hydrogen) atoms. The number of aromatic nitrogens is 2. The van der Waals surface area contributed by atoms with Gasteiger partial charge < -0.3 is 14.6 Å². The van der Waals surface area contributed by atoms with Crippen molar-refractivity contribution in [3.05, 3.63) is 58.8 Å². The first-order valence-electron chi connectivity index (χ1n) is 10.1. The lowest BCUT2D eigenvalue weighted by molar-refractivity contribution is 0.208. The maximum absolute atomic E-state index is 8.83. The molecule has 3 aromatic rings. The SMILES string of the molecule is Cc1ccc(CCCN2CCC(c3csc(Nc4ccc(C#N)nc4)n3)CC2)o1. The number of nitrogens with zero attached hydrogens (tertiary/aromatic N) is 4. The van der Waals surface area contributed by atoms with Crippen molar-refractivity contribution in [2.24, 2.45) is 0 Å². The summed E-state index contributed by atoms with van der Waals surface area (Å²) in [6.07, 6.45) is 6.13. The minimum absolute atomic E-state index is 0.418. The van der Waals surface area contributed by atoms with Crippen LogP contribution < -0.4 is 5.32 Å². The van der Waals surface area contributed by atoms with Gasteiger partial charge in [0.05, 0.1) is 17.6 Å². The topological polar surface area (TPSA) is 78.0 Å². The highest BCUT2D eigenvalue weighted by molar-refractivity contribution is 7.13. The maximum atomic E-state index is 8.83. The zero-order valence-electron chi connectivity index (χ0n) is 16.6. The second-order valence-electron chi connectivity index (χ2n) is 7.48. The first kappa shape index (κ1) is 19.6. The molecule has 1 aliphatic rings. The highest BCUT2D eigenvalue weighted by Gasteiger charge is 2.22. The van der Waals surface area contributed by atoms with Crippen molar-refractivity contribution in [1.82, 2.24) is 14.9 Å². The zero-order valence-corrected chi connectivity index (χ0v) is 17.4. The zero-order chi connectivity index (χ0) is 20.1. The van der Waals surface area contributed by atoms with Gasteiger partial charge in [0, 0.05) is 17.7 Å². The Kier molecular flexibility index (Phi) is 6.23. The second kappa shape index (κ2) is 9.21. The molecule has 0 atom stereocenters. The molecule has 0 saturated carbocycles. The molecule has 6 nitrogen and oxygen atoms in total. The number of aryl methyl sites for hydroxylation is 2. The van der Waals surface area contributed by atoms with Crippen LogP contribution in [0, 0.1) is 18.3 Å². The van der Waals surface area contributed by atoms with Crippen LogP contribution in [-0.2, 0) is 6.42 Å². The van der Waals surface area contributed by atoms with Crippen LogP contribution in [0.3, 0.4) is 0 Å². The molecule has 0 aliphatic carbocycles. The lowest BCUT2D eigenvalue weighted by Gasteiger charge is -2.31. The predicted molar refractivity (Wildman–Crippen MR) is 115 cm³/mol. The molecule has 1 fully saturated rings. The number of likely N-dealkylation sites (tertiary alicyclic amines) is 1. The Hall–Kier alpha value is -2.69. The number of thiazole rings is 1. The molecule has 3 aromatic heterocycles. The summed E-state index contributed by atoms with van der Waals surface area (Å²) in [4.78, 5) is 11.4. The minimum Gasteiger partial charge on any atom is -0.466 e. The Morgan fingerprint density at radius 1 is 1.28 bits per heavy atom. The highest BCUT2D eigenvalue weighted by atomic mass is 32.1. The smallest absolute Gasteiger partial charge is 0.187 e. The van der Waals surface area contributed by atoms with Crippen LogP contribution in [0.1, 0.15) is 48.1 Å². The number of pyridine rings is 1. The maximum Gasteiger partial charge on any atom is 0.187 e. The predicted octanol–water partition coefficient (Wildman–Crippen LogP) is 4.87. The van der Waals surface area contributed by atoms with E-state index >= 15 is 0 Å². The Morgan fingerprint density at radius 3 is 2.83 bits per heavy atom. The molecule has 1 N–H and O–H groups in total. The van der Waals surface area contributed by atoms with E-state index in [1.165, 1.54) is 5.69 Å². The standard InChI is InChI=1S/C22H25N5OS/c1-16-4-7-20(28-16)3-2-10-27-11-8-17(9-12-27)21-15-29-22(26-21)25-19-6-5-18(13-23)24-14-19/h4-7,14-15,17H,2-3,8-12H2,1H3,(H,25,26). The molecule has 0 radical (unpaired) electrons. The van der Waals surface area contributed by atoms with Crippen molar-refractivity contribution in [2.75, 3.05) is 25.0 Å². The molecule has 4 heterocycles. The van der Waals surface area contributed by atoms with Gasteiger partial charge >= 0.3 is 0 Å². The van der Waals surface area contributed by atoms with Gasteiger partial charge in [-0.3, -0.25) is 0 Å². The Bertz CT molecular complexity index is 964. The molecular formula is C22H25N5OS. The number of hydrogen-bond acceptors (Lipinski definition) is 7. The molecule has 0 amide bonds. The monoisotopic (exact) mass is 407 g/mol. The van der Waals surface area contributed by atoms with Crippen molar-refractivity contribution in [2.45, 2.75) is 38.5 Å². The van der Waals surface area contributed by atoms with Gasteiger partial charge in [0.15, 0.2) is 5.13 Å². The Balaban J connectivity index is 1.23. The average Bonchev–Trinajstić information content (AvgIpc) is 3.38. The summed E-state index contributed by atoms with van der Waals surface area (Å²) < 4.78 is 5.65. The van der Waals surface area contributed by atoms with Crippen LogP contribution in [0.2, 0.25) is 0 Å². The molecule has 0 aromatic carbocycles. The number of furan rings is 1. The summed E-state index contributed by atoms with van der Waals surface area (Å²) in [5, 5.41) is 15.2. The van der Waals surface area contributed by atoms with Gasteiger partial charge in [-0.1, -0.05) is 0 Å². The van der Waals surface area contributed by atoms with E-state index < -0.39 is 0 Å². The van der Waals surface area contributed by atoms with Gasteiger partial charge in [0.2, 0.25) is 0 Å². The second-order valence-corrected chi connectivity index (χ2v) is 8.34. The van der Waals surface area contributed by atoms with Crippen LogP contribution >= 0.6 is 11.3 Å². The first-order valence-corrected chi connectivity index (χ1v) is 10.9. The summed E-state index contributed by atoms with van der Waals surface area (Å²) in [5.41, 5.74) is 2.46. The third-order valence-electron chi connectivity index (χ3n) is 5.35. The summed E-state index contributed by atoms with van der Waals surface area (Å²) in [5.74, 6) is 2.62. The summed E-state index contributed by atoms with van der Waals surface area (Å²) >= 11 is 1.62. The van der Waals surface area contributed by atoms with E-state index in [2.05, 4.69) is 26.6 Å². The number of hydrogen-bond donors (Lipinski definition) is 1. The van der Waals surface area contributed by atoms with Crippen LogP contribution in [0.4, 0.5) is 10.8 Å². The molecule has 0 bridgehead atoms. The third kappa shape index (κ3) is 5.22. The highest BCUT2D eigenvalue weighted by Crippen LogP contribution is 2.31. The fraction of sp³-hybridized carbons (Fsp3) is 0.409. The van der Waals surface area contributed by atoms with Gasteiger partial charge in [0.1, 0.15) is 23.3 Å². The summed E-state index contributed by atoms with van der Waals surface area (Å²) in [7, 11) is 0. The van der Waals surface area contributed by atoms with Crippen LogP contribution in [0.25, 0.3) is 0 Å². The molecule has 4 rings (SSSR count). The summed E-state index contributed by atoms with van der Waals surface area (Å²) in [6.45, 7) is 5.38. The van der Waals surface area contributed by atoms with Gasteiger partial charge in [0.25, 0.3) is 0 Å². The van der Waals surface area contributed by atoms with Crippen molar-refractivity contribution < 1.29 is 4.42 Å². The first-order chi connectivity index (χ1) is 14.2. The van der Waals surface area contributed by atoms with Crippen molar-refractivity contribution in [1.29, 1.82) is 5.26 Å². The third-order valence-corrected chi connectivity index (χ3v) is 6.13. The van der Waals surface area contributed by atoms with Crippen molar-refractivity contribution in [3.8, 4) is 6.07 Å². The van der Waals surface area contributed by atoms with Crippen LogP contribution in [0.5, 0.6) is 0 Å². The quantitative estimate of drug-likeness (QED) is 0.602. The number of nitriles is 1. The number of anilines is 2. The van der Waals surface area contributed by atoms with Crippen molar-refractivity contribution >= 4 is 22.2 Å². The fourth-order valence-corrected chi connectivity index (χ4v) is 4.55. The van der Waals surface area contributed by atoms with E-state index in [9.17, 15) is 0 Å². The van der Waals surface area contributed by atoms with Gasteiger partial charge in [-0.25, -0.2) is 9.97 Å². The van der Waals surface area contributed by atoms with Crippen molar-refractivity contribution in [3.63, 3.8) is 0 Å². The lowest BCUT2D eigenvalue weighted by Crippen LogP contribution is -2.33. The van der Waals surface area contributed by atoms with Crippen LogP contribution in [0.15, 0.2) is 40.3 Å². The van der Waals surface area contributed by atoms with E-state index in [4.69, 9.17) is 14.7 Å². The fourth-order valence-electron chi connectivity index (χ4n) is 3.74. The molecule has 7 heteroatoms. The minimum atomic E-state index is 0.418. The number of piperidine rings is 1. The Morgan fingerprint density at radius 2 is 2.14 bits per heavy atom. The average molecular weight is 408 g/mol. The van der Waals surface area contributed by atoms with E-state index in [1.807, 2.05) is 25.1 Å². The van der Waals surface area contributed by atoms with E-state index in [1.54, 1.807) is 23.6 Å². The molecule has 0 spiro atoms. The molecular weight excluding hydrogens is 382 g/mol. The van der Waals surface area contributed by atoms with Crippen LogP contribution in [-0.4, -0.2) is 34.5 Å². The molecule has 1 saturated heterocycles. The van der Waals surface area contributed by atoms with Gasteiger partial charge in [-0.15, -0.1) is 11.3 Å².